The van der Waals surface area contributed by atoms with Crippen molar-refractivity contribution in [1.29, 1.82) is 0 Å². The molecule has 0 aliphatic carbocycles. The van der Waals surface area contributed by atoms with Crippen LogP contribution in [-0.4, -0.2) is 29.1 Å². The first-order chi connectivity index (χ1) is 8.54. The van der Waals surface area contributed by atoms with E-state index in [4.69, 9.17) is 5.11 Å². The summed E-state index contributed by atoms with van der Waals surface area (Å²) >= 11 is 6.96. The van der Waals surface area contributed by atoms with E-state index in [1.165, 1.54) is 5.56 Å². The molecule has 5 heteroatoms. The smallest absolute Gasteiger partial charge is 0.306 e. The first-order valence-corrected chi connectivity index (χ1v) is 7.53. The van der Waals surface area contributed by atoms with Gasteiger partial charge in [-0.25, -0.2) is 0 Å². The molecular formula is C13H15Br2NO2. The van der Waals surface area contributed by atoms with Crippen LogP contribution in [0, 0.1) is 5.92 Å². The topological polar surface area (TPSA) is 40.5 Å². The summed E-state index contributed by atoms with van der Waals surface area (Å²) in [4.78, 5) is 13.2. The third kappa shape index (κ3) is 3.80. The number of hydrogen-bond acceptors (Lipinski definition) is 2. The quantitative estimate of drug-likeness (QED) is 0.877. The van der Waals surface area contributed by atoms with Crippen molar-refractivity contribution in [3.05, 3.63) is 32.7 Å². The predicted molar refractivity (Wildman–Crippen MR) is 77.5 cm³/mol. The maximum atomic E-state index is 10.9. The van der Waals surface area contributed by atoms with Gasteiger partial charge in [0.05, 0.1) is 5.92 Å². The zero-order valence-electron chi connectivity index (χ0n) is 9.90. The average molecular weight is 377 g/mol. The Morgan fingerprint density at radius 1 is 1.22 bits per heavy atom. The number of hydrogen-bond donors (Lipinski definition) is 1. The van der Waals surface area contributed by atoms with E-state index in [0.29, 0.717) is 0 Å². The molecule has 1 heterocycles. The maximum absolute atomic E-state index is 10.9. The van der Waals surface area contributed by atoms with Gasteiger partial charge in [-0.3, -0.25) is 9.69 Å². The number of benzene rings is 1. The number of halogens is 2. The number of rotatable bonds is 3. The van der Waals surface area contributed by atoms with Crippen LogP contribution in [0.5, 0.6) is 0 Å². The summed E-state index contributed by atoms with van der Waals surface area (Å²) < 4.78 is 2.12. The molecule has 1 N–H and O–H groups in total. The summed E-state index contributed by atoms with van der Waals surface area (Å²) in [5.41, 5.74) is 1.24. The highest BCUT2D eigenvalue weighted by atomic mass is 79.9. The lowest BCUT2D eigenvalue weighted by Crippen LogP contribution is -2.35. The number of likely N-dealkylation sites (tertiary alicyclic amines) is 1. The van der Waals surface area contributed by atoms with E-state index >= 15 is 0 Å². The second-order valence-electron chi connectivity index (χ2n) is 4.67. The van der Waals surface area contributed by atoms with Crippen LogP contribution in [0.15, 0.2) is 27.1 Å². The molecule has 1 saturated heterocycles. The van der Waals surface area contributed by atoms with Gasteiger partial charge >= 0.3 is 5.97 Å². The molecule has 0 saturated carbocycles. The van der Waals surface area contributed by atoms with Crippen molar-refractivity contribution in [1.82, 2.24) is 4.90 Å². The Morgan fingerprint density at radius 2 is 1.78 bits per heavy atom. The SMILES string of the molecule is O=C(O)C1CCN(Cc2cc(Br)cc(Br)c2)CC1. The van der Waals surface area contributed by atoms with Gasteiger partial charge in [0.2, 0.25) is 0 Å². The third-order valence-electron chi connectivity index (χ3n) is 3.27. The van der Waals surface area contributed by atoms with Crippen molar-refractivity contribution in [2.24, 2.45) is 5.92 Å². The van der Waals surface area contributed by atoms with Crippen LogP contribution >= 0.6 is 31.9 Å². The number of carboxylic acids is 1. The Hall–Kier alpha value is -0.390. The third-order valence-corrected chi connectivity index (χ3v) is 4.18. The summed E-state index contributed by atoms with van der Waals surface area (Å²) in [6.07, 6.45) is 1.51. The number of carbonyl (C=O) groups is 1. The minimum Gasteiger partial charge on any atom is -0.481 e. The van der Waals surface area contributed by atoms with Crippen LogP contribution < -0.4 is 0 Å². The largest absolute Gasteiger partial charge is 0.481 e. The highest BCUT2D eigenvalue weighted by Gasteiger charge is 2.24. The molecule has 0 spiro atoms. The zero-order valence-corrected chi connectivity index (χ0v) is 13.1. The monoisotopic (exact) mass is 375 g/mol. The van der Waals surface area contributed by atoms with Crippen molar-refractivity contribution in [3.63, 3.8) is 0 Å². The van der Waals surface area contributed by atoms with Crippen LogP contribution in [0.25, 0.3) is 0 Å². The summed E-state index contributed by atoms with van der Waals surface area (Å²) in [6, 6.07) is 6.22. The summed E-state index contributed by atoms with van der Waals surface area (Å²) in [5.74, 6) is -0.810. The Labute approximate surface area is 123 Å². The summed E-state index contributed by atoms with van der Waals surface area (Å²) in [6.45, 7) is 2.60. The fraction of sp³-hybridized carbons (Fsp3) is 0.462. The molecule has 98 valence electrons. The Morgan fingerprint density at radius 3 is 2.28 bits per heavy atom. The molecule has 1 fully saturated rings. The zero-order chi connectivity index (χ0) is 13.1. The number of carboxylic acid groups (broad SMARTS) is 1. The van der Waals surface area contributed by atoms with E-state index in [1.807, 2.05) is 6.07 Å². The van der Waals surface area contributed by atoms with Crippen molar-refractivity contribution in [2.45, 2.75) is 19.4 Å². The molecule has 0 atom stereocenters. The molecule has 2 rings (SSSR count). The molecule has 0 aromatic heterocycles. The molecule has 1 aliphatic rings. The molecular weight excluding hydrogens is 362 g/mol. The summed E-state index contributed by atoms with van der Waals surface area (Å²) in [7, 11) is 0. The highest BCUT2D eigenvalue weighted by Crippen LogP contribution is 2.23. The second-order valence-corrected chi connectivity index (χ2v) is 6.50. The minimum atomic E-state index is -0.653. The van der Waals surface area contributed by atoms with Gasteiger partial charge in [0.25, 0.3) is 0 Å². The van der Waals surface area contributed by atoms with Gasteiger partial charge < -0.3 is 5.11 Å². The molecule has 18 heavy (non-hydrogen) atoms. The van der Waals surface area contributed by atoms with E-state index in [2.05, 4.69) is 48.9 Å². The second kappa shape index (κ2) is 6.17. The average Bonchev–Trinajstić information content (AvgIpc) is 2.28. The number of aliphatic carboxylic acids is 1. The van der Waals surface area contributed by atoms with E-state index in [1.54, 1.807) is 0 Å². The highest BCUT2D eigenvalue weighted by molar-refractivity contribution is 9.11. The Bertz CT molecular complexity index is 422. The van der Waals surface area contributed by atoms with Crippen LogP contribution in [0.1, 0.15) is 18.4 Å². The standard InChI is InChI=1S/C13H15Br2NO2/c14-11-5-9(6-12(15)7-11)8-16-3-1-10(2-4-16)13(17)18/h5-7,10H,1-4,8H2,(H,17,18). The van der Waals surface area contributed by atoms with Gasteiger partial charge in [0.1, 0.15) is 0 Å². The number of nitrogens with zero attached hydrogens (tertiary/aromatic N) is 1. The predicted octanol–water partition coefficient (Wildman–Crippen LogP) is 3.51. The van der Waals surface area contributed by atoms with Gasteiger partial charge in [-0.15, -0.1) is 0 Å². The first kappa shape index (κ1) is 14.0. The van der Waals surface area contributed by atoms with Crippen LogP contribution in [0.3, 0.4) is 0 Å². The minimum absolute atomic E-state index is 0.157. The van der Waals surface area contributed by atoms with Gasteiger partial charge in [0.15, 0.2) is 0 Å². The lowest BCUT2D eigenvalue weighted by atomic mass is 9.97. The Kier molecular flexibility index (Phi) is 4.81. The van der Waals surface area contributed by atoms with E-state index in [0.717, 1.165) is 41.4 Å². The van der Waals surface area contributed by atoms with Gasteiger partial charge in [-0.05, 0) is 49.7 Å². The molecule has 0 bridgehead atoms. The van der Waals surface area contributed by atoms with Crippen LogP contribution in [0.4, 0.5) is 0 Å². The molecule has 0 radical (unpaired) electrons. The normalized spacial score (nSPS) is 17.9. The molecule has 1 aromatic carbocycles. The van der Waals surface area contributed by atoms with Crippen LogP contribution in [-0.2, 0) is 11.3 Å². The van der Waals surface area contributed by atoms with Crippen molar-refractivity contribution in [3.8, 4) is 0 Å². The van der Waals surface area contributed by atoms with E-state index < -0.39 is 5.97 Å². The molecule has 0 amide bonds. The molecule has 1 aromatic rings. The van der Waals surface area contributed by atoms with Crippen molar-refractivity contribution >= 4 is 37.8 Å². The van der Waals surface area contributed by atoms with Gasteiger partial charge in [0, 0.05) is 15.5 Å². The first-order valence-electron chi connectivity index (χ1n) is 5.95. The Balaban J connectivity index is 1.93. The number of piperidine rings is 1. The fourth-order valence-corrected chi connectivity index (χ4v) is 3.69. The summed E-state index contributed by atoms with van der Waals surface area (Å²) in [5, 5.41) is 8.96. The molecule has 1 aliphatic heterocycles. The van der Waals surface area contributed by atoms with Crippen molar-refractivity contribution in [2.75, 3.05) is 13.1 Å². The molecule has 3 nitrogen and oxygen atoms in total. The van der Waals surface area contributed by atoms with Crippen molar-refractivity contribution < 1.29 is 9.90 Å². The lowest BCUT2D eigenvalue weighted by molar-refractivity contribution is -0.143. The molecule has 0 unspecified atom stereocenters. The maximum Gasteiger partial charge on any atom is 0.306 e. The fourth-order valence-electron chi connectivity index (χ4n) is 2.30. The van der Waals surface area contributed by atoms with E-state index in [9.17, 15) is 4.79 Å². The van der Waals surface area contributed by atoms with E-state index in [-0.39, 0.29) is 5.92 Å². The van der Waals surface area contributed by atoms with Crippen LogP contribution in [0.2, 0.25) is 0 Å². The van der Waals surface area contributed by atoms with Gasteiger partial charge in [-0.1, -0.05) is 31.9 Å². The van der Waals surface area contributed by atoms with Gasteiger partial charge in [-0.2, -0.15) is 0 Å². The lowest BCUT2D eigenvalue weighted by Gasteiger charge is -2.30.